The maximum atomic E-state index is 6.99. The lowest BCUT2D eigenvalue weighted by molar-refractivity contribution is -0.253. The molecule has 1 N–H and O–H groups in total. The van der Waals surface area contributed by atoms with Crippen LogP contribution in [0.4, 0.5) is 0 Å². The molecule has 6 aliphatic rings. The van der Waals surface area contributed by atoms with E-state index in [4.69, 9.17) is 18.9 Å². The van der Waals surface area contributed by atoms with Gasteiger partial charge in [0.1, 0.15) is 11.7 Å². The first-order chi connectivity index (χ1) is 16.2. The van der Waals surface area contributed by atoms with Crippen molar-refractivity contribution in [1.82, 2.24) is 5.32 Å². The Morgan fingerprint density at radius 2 is 1.85 bits per heavy atom. The Kier molecular flexibility index (Phi) is 4.29. The zero-order chi connectivity index (χ0) is 22.3. The van der Waals surface area contributed by atoms with Crippen LogP contribution in [0.1, 0.15) is 42.4 Å². The number of hydrogen-bond acceptors (Lipinski definition) is 5. The number of fused-ring (bicyclic) bond motifs is 2. The summed E-state index contributed by atoms with van der Waals surface area (Å²) >= 11 is 0. The van der Waals surface area contributed by atoms with Gasteiger partial charge in [-0.1, -0.05) is 36.4 Å². The Morgan fingerprint density at radius 3 is 2.61 bits per heavy atom. The van der Waals surface area contributed by atoms with Gasteiger partial charge in [-0.2, -0.15) is 0 Å². The first kappa shape index (κ1) is 20.3. The minimum absolute atomic E-state index is 0.0118. The molecule has 5 nitrogen and oxygen atoms in total. The summed E-state index contributed by atoms with van der Waals surface area (Å²) in [6, 6.07) is 15.3. The van der Waals surface area contributed by atoms with Crippen molar-refractivity contribution in [3.8, 4) is 11.5 Å². The second-order valence-electron chi connectivity index (χ2n) is 10.8. The Hall–Kier alpha value is -2.08. The lowest BCUT2D eigenvalue weighted by atomic mass is 9.35. The number of rotatable bonds is 6. The van der Waals surface area contributed by atoms with Crippen molar-refractivity contribution in [2.75, 3.05) is 27.4 Å². The molecule has 4 fully saturated rings. The van der Waals surface area contributed by atoms with Gasteiger partial charge < -0.3 is 24.3 Å². The highest BCUT2D eigenvalue weighted by Crippen LogP contribution is 2.75. The van der Waals surface area contributed by atoms with Crippen molar-refractivity contribution in [2.45, 2.75) is 61.9 Å². The molecule has 2 aromatic rings. The number of nitrogens with one attached hydrogen (secondary N) is 1. The fourth-order valence-corrected chi connectivity index (χ4v) is 8.66. The molecule has 4 atom stereocenters. The highest BCUT2D eigenvalue weighted by atomic mass is 16.6. The summed E-state index contributed by atoms with van der Waals surface area (Å²) in [4.78, 5) is 0. The summed E-state index contributed by atoms with van der Waals surface area (Å²) in [5, 5.41) is 4.00. The molecule has 0 radical (unpaired) electrons. The molecule has 4 unspecified atom stereocenters. The predicted octanol–water partition coefficient (Wildman–Crippen LogP) is 4.01. The van der Waals surface area contributed by atoms with Gasteiger partial charge in [0, 0.05) is 36.6 Å². The van der Waals surface area contributed by atoms with Gasteiger partial charge in [-0.15, -0.1) is 0 Å². The summed E-state index contributed by atoms with van der Waals surface area (Å²) in [6.45, 7) is 2.31. The normalized spacial score (nSPS) is 39.2. The molecular weight excluding hydrogens is 414 g/mol. The molecule has 8 rings (SSSR count). The summed E-state index contributed by atoms with van der Waals surface area (Å²) in [7, 11) is 3.65. The average molecular weight is 448 g/mol. The molecule has 5 heteroatoms. The van der Waals surface area contributed by atoms with Crippen molar-refractivity contribution in [3.05, 3.63) is 59.2 Å². The van der Waals surface area contributed by atoms with E-state index in [1.165, 1.54) is 29.5 Å². The van der Waals surface area contributed by atoms with Gasteiger partial charge in [-0.3, -0.25) is 0 Å². The summed E-state index contributed by atoms with van der Waals surface area (Å²) in [5.41, 5.74) is 3.91. The molecule has 4 aliphatic carbocycles. The first-order valence-electron chi connectivity index (χ1n) is 12.5. The number of ether oxygens (including phenoxy) is 4. The standard InChI is InChI=1S/C28H33NO4/c1-30-21-9-8-19-14-22-26-10-12-27(31-2,13-11-26)25-28(26,23(19)24(21)33-25)20(15-29-22)17-32-16-18-6-4-3-5-7-18/h3-9,20,22,25,29H,10-17H2,1-2H3. The summed E-state index contributed by atoms with van der Waals surface area (Å²) < 4.78 is 25.6. The fourth-order valence-electron chi connectivity index (χ4n) is 8.66. The van der Waals surface area contributed by atoms with E-state index in [1.54, 1.807) is 7.11 Å². The molecule has 2 spiro atoms. The van der Waals surface area contributed by atoms with E-state index >= 15 is 0 Å². The molecule has 2 aliphatic heterocycles. The number of piperidine rings is 1. The third-order valence-corrected chi connectivity index (χ3v) is 9.96. The number of hydrogen-bond donors (Lipinski definition) is 1. The molecule has 0 aromatic heterocycles. The number of benzene rings is 2. The van der Waals surface area contributed by atoms with Crippen molar-refractivity contribution < 1.29 is 18.9 Å². The molecule has 2 heterocycles. The Labute approximate surface area is 195 Å². The van der Waals surface area contributed by atoms with E-state index in [9.17, 15) is 0 Å². The van der Waals surface area contributed by atoms with Gasteiger partial charge in [-0.05, 0) is 49.3 Å². The Morgan fingerprint density at radius 1 is 1.03 bits per heavy atom. The average Bonchev–Trinajstić information content (AvgIpc) is 3.24. The molecule has 4 bridgehead atoms. The molecule has 174 valence electrons. The molecule has 33 heavy (non-hydrogen) atoms. The van der Waals surface area contributed by atoms with E-state index in [-0.39, 0.29) is 22.5 Å². The zero-order valence-corrected chi connectivity index (χ0v) is 19.6. The first-order valence-corrected chi connectivity index (χ1v) is 12.5. The molecule has 1 saturated heterocycles. The van der Waals surface area contributed by atoms with E-state index in [0.29, 0.717) is 25.2 Å². The maximum absolute atomic E-state index is 6.99. The third kappa shape index (κ3) is 2.34. The van der Waals surface area contributed by atoms with Crippen LogP contribution in [0.5, 0.6) is 11.5 Å². The molecular formula is C28H33NO4. The Balaban J connectivity index is 1.37. The monoisotopic (exact) mass is 447 g/mol. The van der Waals surface area contributed by atoms with Crippen LogP contribution in [0.3, 0.4) is 0 Å². The van der Waals surface area contributed by atoms with Crippen LogP contribution in [0, 0.1) is 11.3 Å². The maximum Gasteiger partial charge on any atom is 0.165 e. The lowest BCUT2D eigenvalue weighted by Crippen LogP contribution is -2.81. The highest BCUT2D eigenvalue weighted by molar-refractivity contribution is 5.64. The van der Waals surface area contributed by atoms with Crippen LogP contribution in [-0.2, 0) is 27.9 Å². The predicted molar refractivity (Wildman–Crippen MR) is 125 cm³/mol. The minimum Gasteiger partial charge on any atom is -0.493 e. The van der Waals surface area contributed by atoms with Crippen molar-refractivity contribution in [1.29, 1.82) is 0 Å². The van der Waals surface area contributed by atoms with Gasteiger partial charge in [-0.25, -0.2) is 0 Å². The van der Waals surface area contributed by atoms with Gasteiger partial charge >= 0.3 is 0 Å². The molecule has 3 saturated carbocycles. The van der Waals surface area contributed by atoms with E-state index in [2.05, 4.69) is 47.8 Å². The molecule has 2 aromatic carbocycles. The van der Waals surface area contributed by atoms with Crippen molar-refractivity contribution in [3.63, 3.8) is 0 Å². The van der Waals surface area contributed by atoms with Gasteiger partial charge in [0.25, 0.3) is 0 Å². The smallest absolute Gasteiger partial charge is 0.165 e. The topological polar surface area (TPSA) is 49.0 Å². The van der Waals surface area contributed by atoms with Gasteiger partial charge in [0.05, 0.1) is 25.7 Å². The van der Waals surface area contributed by atoms with Crippen LogP contribution in [0.25, 0.3) is 0 Å². The third-order valence-electron chi connectivity index (χ3n) is 9.96. The van der Waals surface area contributed by atoms with Crippen molar-refractivity contribution >= 4 is 0 Å². The fraction of sp³-hybridized carbons (Fsp3) is 0.571. The minimum atomic E-state index is -0.236. The van der Waals surface area contributed by atoms with Crippen LogP contribution >= 0.6 is 0 Å². The Bertz CT molecular complexity index is 1080. The van der Waals surface area contributed by atoms with Crippen LogP contribution < -0.4 is 14.8 Å². The molecule has 0 amide bonds. The van der Waals surface area contributed by atoms with Gasteiger partial charge in [0.15, 0.2) is 11.5 Å². The van der Waals surface area contributed by atoms with E-state index in [1.807, 2.05) is 7.11 Å². The highest BCUT2D eigenvalue weighted by Gasteiger charge is 2.80. The van der Waals surface area contributed by atoms with E-state index in [0.717, 1.165) is 37.3 Å². The quantitative estimate of drug-likeness (QED) is 0.725. The van der Waals surface area contributed by atoms with Crippen molar-refractivity contribution in [2.24, 2.45) is 11.3 Å². The summed E-state index contributed by atoms with van der Waals surface area (Å²) in [6.07, 6.45) is 5.58. The van der Waals surface area contributed by atoms with Gasteiger partial charge in [0.2, 0.25) is 0 Å². The largest absolute Gasteiger partial charge is 0.493 e. The zero-order valence-electron chi connectivity index (χ0n) is 19.6. The summed E-state index contributed by atoms with van der Waals surface area (Å²) in [5.74, 6) is 2.16. The lowest BCUT2D eigenvalue weighted by Gasteiger charge is -2.72. The second kappa shape index (κ2) is 6.97. The van der Waals surface area contributed by atoms with Crippen LogP contribution in [-0.4, -0.2) is 45.1 Å². The SMILES string of the molecule is COc1ccc2c3c1OC1C4(OC)CCC5(CC4)C(C2)NCC(COCc2ccccc2)C315. The van der Waals surface area contributed by atoms with E-state index < -0.39 is 0 Å². The number of methoxy groups -OCH3 is 2. The second-order valence-corrected chi connectivity index (χ2v) is 10.8. The van der Waals surface area contributed by atoms with Crippen LogP contribution in [0.15, 0.2) is 42.5 Å². The van der Waals surface area contributed by atoms with Crippen LogP contribution in [0.2, 0.25) is 0 Å².